The van der Waals surface area contributed by atoms with Crippen LogP contribution in [0, 0.1) is 0 Å². The molecule has 21 heavy (non-hydrogen) atoms. The molecule has 3 rings (SSSR count). The lowest BCUT2D eigenvalue weighted by atomic mass is 9.97. The summed E-state index contributed by atoms with van der Waals surface area (Å²) in [6, 6.07) is 23.0. The Morgan fingerprint density at radius 2 is 1.62 bits per heavy atom. The number of rotatable bonds is 4. The third-order valence-corrected chi connectivity index (χ3v) is 3.99. The van der Waals surface area contributed by atoms with Crippen LogP contribution in [0.2, 0.25) is 0 Å². The third kappa shape index (κ3) is 3.14. The second-order valence-electron chi connectivity index (χ2n) is 5.50. The quantitative estimate of drug-likeness (QED) is 0.733. The van der Waals surface area contributed by atoms with Crippen LogP contribution in [0.25, 0.3) is 10.8 Å². The number of fused-ring (bicyclic) bond motifs is 1. The van der Waals surface area contributed by atoms with Crippen LogP contribution in [0.5, 0.6) is 0 Å². The molecule has 0 saturated carbocycles. The fourth-order valence-electron chi connectivity index (χ4n) is 2.73. The molecule has 0 aliphatic carbocycles. The zero-order valence-corrected chi connectivity index (χ0v) is 12.3. The summed E-state index contributed by atoms with van der Waals surface area (Å²) in [7, 11) is 0. The van der Waals surface area contributed by atoms with E-state index in [-0.39, 0.29) is 0 Å². The molecule has 0 saturated heterocycles. The summed E-state index contributed by atoms with van der Waals surface area (Å²) >= 11 is 0. The average Bonchev–Trinajstić information content (AvgIpc) is 2.54. The third-order valence-electron chi connectivity index (χ3n) is 3.99. The van der Waals surface area contributed by atoms with Crippen molar-refractivity contribution < 1.29 is 5.11 Å². The summed E-state index contributed by atoms with van der Waals surface area (Å²) < 4.78 is 0. The first-order valence-electron chi connectivity index (χ1n) is 7.51. The minimum absolute atomic E-state index is 0.447. The van der Waals surface area contributed by atoms with Crippen molar-refractivity contribution in [2.45, 2.75) is 25.9 Å². The van der Waals surface area contributed by atoms with E-state index in [0.29, 0.717) is 6.42 Å². The van der Waals surface area contributed by atoms with E-state index in [0.717, 1.165) is 12.0 Å². The summed E-state index contributed by atoms with van der Waals surface area (Å²) in [5, 5.41) is 12.9. The van der Waals surface area contributed by atoms with Gasteiger partial charge in [-0.15, -0.1) is 0 Å². The van der Waals surface area contributed by atoms with Gasteiger partial charge in [-0.25, -0.2) is 0 Å². The maximum atomic E-state index is 10.5. The van der Waals surface area contributed by atoms with Gasteiger partial charge in [0.05, 0.1) is 6.10 Å². The Bertz CT molecular complexity index is 745. The molecule has 0 heterocycles. The van der Waals surface area contributed by atoms with Crippen LogP contribution in [0.15, 0.2) is 66.7 Å². The number of hydrogen-bond donors (Lipinski definition) is 1. The highest BCUT2D eigenvalue weighted by molar-refractivity contribution is 5.83. The highest BCUT2D eigenvalue weighted by Crippen LogP contribution is 2.22. The van der Waals surface area contributed by atoms with Crippen LogP contribution in [0.1, 0.15) is 29.7 Å². The second-order valence-corrected chi connectivity index (χ2v) is 5.50. The lowest BCUT2D eigenvalue weighted by Crippen LogP contribution is -2.02. The first-order valence-corrected chi connectivity index (χ1v) is 7.51. The van der Waals surface area contributed by atoms with E-state index >= 15 is 0 Å². The number of aliphatic hydroxyl groups is 1. The molecule has 0 fully saturated rings. The Balaban J connectivity index is 1.83. The Labute approximate surface area is 125 Å². The highest BCUT2D eigenvalue weighted by Gasteiger charge is 2.09. The van der Waals surface area contributed by atoms with Gasteiger partial charge in [0.2, 0.25) is 0 Å². The number of hydrogen-bond acceptors (Lipinski definition) is 1. The smallest absolute Gasteiger partial charge is 0.0830 e. The van der Waals surface area contributed by atoms with Gasteiger partial charge in [0.25, 0.3) is 0 Å². The number of benzene rings is 3. The summed E-state index contributed by atoms with van der Waals surface area (Å²) in [6.45, 7) is 2.13. The van der Waals surface area contributed by atoms with Crippen LogP contribution in [-0.2, 0) is 12.8 Å². The van der Waals surface area contributed by atoms with Gasteiger partial charge < -0.3 is 5.11 Å². The molecular formula is C20H20O. The van der Waals surface area contributed by atoms with Crippen molar-refractivity contribution >= 4 is 10.8 Å². The van der Waals surface area contributed by atoms with Crippen LogP contribution in [0.4, 0.5) is 0 Å². The van der Waals surface area contributed by atoms with E-state index in [2.05, 4.69) is 49.4 Å². The summed E-state index contributed by atoms with van der Waals surface area (Å²) in [5.41, 5.74) is 3.44. The normalized spacial score (nSPS) is 12.5. The van der Waals surface area contributed by atoms with Crippen molar-refractivity contribution in [3.05, 3.63) is 83.4 Å². The molecule has 1 N–H and O–H groups in total. The maximum absolute atomic E-state index is 10.5. The number of aliphatic hydroxyl groups excluding tert-OH is 1. The van der Waals surface area contributed by atoms with Crippen LogP contribution in [0.3, 0.4) is 0 Å². The predicted molar refractivity (Wildman–Crippen MR) is 88.4 cm³/mol. The molecule has 1 heteroatoms. The monoisotopic (exact) mass is 276 g/mol. The first-order chi connectivity index (χ1) is 10.3. The van der Waals surface area contributed by atoms with E-state index in [1.54, 1.807) is 0 Å². The Hall–Kier alpha value is -2.12. The van der Waals surface area contributed by atoms with Crippen molar-refractivity contribution in [3.8, 4) is 0 Å². The average molecular weight is 276 g/mol. The summed E-state index contributed by atoms with van der Waals surface area (Å²) in [6.07, 6.45) is 1.20. The topological polar surface area (TPSA) is 20.2 Å². The van der Waals surface area contributed by atoms with Gasteiger partial charge in [0.1, 0.15) is 0 Å². The molecule has 3 aromatic rings. The summed E-state index contributed by atoms with van der Waals surface area (Å²) in [4.78, 5) is 0. The van der Waals surface area contributed by atoms with Crippen molar-refractivity contribution in [3.63, 3.8) is 0 Å². The van der Waals surface area contributed by atoms with E-state index in [4.69, 9.17) is 0 Å². The first kappa shape index (κ1) is 13.8. The molecule has 0 bridgehead atoms. The van der Waals surface area contributed by atoms with Gasteiger partial charge in [0.15, 0.2) is 0 Å². The lowest BCUT2D eigenvalue weighted by molar-refractivity contribution is 0.178. The van der Waals surface area contributed by atoms with Crippen molar-refractivity contribution in [1.29, 1.82) is 0 Å². The minimum Gasteiger partial charge on any atom is -0.388 e. The zero-order valence-electron chi connectivity index (χ0n) is 12.3. The highest BCUT2D eigenvalue weighted by atomic mass is 16.3. The standard InChI is InChI=1S/C20H20O/c1-2-15-6-5-9-19(12-15)20(21)14-16-10-11-17-7-3-4-8-18(17)13-16/h3-13,20-21H,2,14H2,1H3. The molecule has 0 amide bonds. The minimum atomic E-state index is -0.447. The van der Waals surface area contributed by atoms with Gasteiger partial charge >= 0.3 is 0 Å². The summed E-state index contributed by atoms with van der Waals surface area (Å²) in [5.74, 6) is 0. The molecule has 0 radical (unpaired) electrons. The molecule has 1 unspecified atom stereocenters. The molecule has 0 aliphatic heterocycles. The molecule has 1 nitrogen and oxygen atoms in total. The molecule has 0 aromatic heterocycles. The Kier molecular flexibility index (Phi) is 4.03. The maximum Gasteiger partial charge on any atom is 0.0830 e. The van der Waals surface area contributed by atoms with Crippen molar-refractivity contribution in [2.24, 2.45) is 0 Å². The molecule has 3 aromatic carbocycles. The Morgan fingerprint density at radius 3 is 2.43 bits per heavy atom. The second kappa shape index (κ2) is 6.11. The largest absolute Gasteiger partial charge is 0.388 e. The van der Waals surface area contributed by atoms with E-state index in [1.807, 2.05) is 24.3 Å². The zero-order chi connectivity index (χ0) is 14.7. The molecule has 0 aliphatic rings. The van der Waals surface area contributed by atoms with Gasteiger partial charge in [-0.05, 0) is 33.9 Å². The van der Waals surface area contributed by atoms with E-state index in [9.17, 15) is 5.11 Å². The Morgan fingerprint density at radius 1 is 0.810 bits per heavy atom. The molecular weight excluding hydrogens is 256 g/mol. The van der Waals surface area contributed by atoms with Gasteiger partial charge in [-0.2, -0.15) is 0 Å². The van der Waals surface area contributed by atoms with Gasteiger partial charge in [0, 0.05) is 6.42 Å². The van der Waals surface area contributed by atoms with Crippen molar-refractivity contribution in [1.82, 2.24) is 0 Å². The fraction of sp³-hybridized carbons (Fsp3) is 0.200. The van der Waals surface area contributed by atoms with Crippen molar-refractivity contribution in [2.75, 3.05) is 0 Å². The molecule has 1 atom stereocenters. The van der Waals surface area contributed by atoms with Gasteiger partial charge in [-0.1, -0.05) is 73.7 Å². The van der Waals surface area contributed by atoms with Crippen LogP contribution in [-0.4, -0.2) is 5.11 Å². The van der Waals surface area contributed by atoms with Gasteiger partial charge in [-0.3, -0.25) is 0 Å². The SMILES string of the molecule is CCc1cccc(C(O)Cc2ccc3ccccc3c2)c1. The predicted octanol–water partition coefficient (Wildman–Crippen LogP) is 4.68. The molecule has 0 spiro atoms. The molecule has 106 valence electrons. The van der Waals surface area contributed by atoms with Crippen LogP contribution < -0.4 is 0 Å². The fourth-order valence-corrected chi connectivity index (χ4v) is 2.73. The number of aryl methyl sites for hydroxylation is 1. The lowest BCUT2D eigenvalue weighted by Gasteiger charge is -2.13. The van der Waals surface area contributed by atoms with Crippen LogP contribution >= 0.6 is 0 Å². The van der Waals surface area contributed by atoms with E-state index < -0.39 is 6.10 Å². The van der Waals surface area contributed by atoms with E-state index in [1.165, 1.54) is 21.9 Å².